The Labute approximate surface area is 154 Å². The molecule has 0 aliphatic heterocycles. The van der Waals surface area contributed by atoms with Gasteiger partial charge in [0, 0.05) is 12.6 Å². The molecule has 2 aromatic rings. The van der Waals surface area contributed by atoms with Gasteiger partial charge in [0.05, 0.1) is 12.0 Å². The van der Waals surface area contributed by atoms with E-state index in [4.69, 9.17) is 5.84 Å². The Bertz CT molecular complexity index is 818. The lowest BCUT2D eigenvalue weighted by Gasteiger charge is -2.15. The predicted molar refractivity (Wildman–Crippen MR) is 95.6 cm³/mol. The van der Waals surface area contributed by atoms with Crippen molar-refractivity contribution in [3.8, 4) is 0 Å². The number of amides is 2. The Morgan fingerprint density at radius 1 is 1.00 bits per heavy atom. The molecule has 0 spiro atoms. The first-order chi connectivity index (χ1) is 12.7. The van der Waals surface area contributed by atoms with E-state index in [1.54, 1.807) is 24.3 Å². The van der Waals surface area contributed by atoms with Crippen LogP contribution in [-0.4, -0.2) is 11.8 Å². The van der Waals surface area contributed by atoms with E-state index in [0.29, 0.717) is 6.42 Å². The van der Waals surface area contributed by atoms with E-state index in [1.807, 2.05) is 5.43 Å². The molecule has 2 aromatic carbocycles. The Balaban J connectivity index is 2.12. The standard InChI is InChI=1S/C19H20F3N3O2/c1-12(26)24-16-9-8-15(17(11-16)19(20,21)22)7-6-13-2-4-14(5-3-13)10-18(27)25-23/h2-5,8-9,11H,6-7,10,23H2,1H3,(H,24,26)(H,25,27). The van der Waals surface area contributed by atoms with Gasteiger partial charge in [-0.05, 0) is 41.7 Å². The van der Waals surface area contributed by atoms with Crippen LogP contribution in [0.3, 0.4) is 0 Å². The molecule has 0 heterocycles. The maximum Gasteiger partial charge on any atom is 0.416 e. The van der Waals surface area contributed by atoms with E-state index in [-0.39, 0.29) is 30.0 Å². The molecule has 0 fully saturated rings. The second kappa shape index (κ2) is 8.68. The van der Waals surface area contributed by atoms with Gasteiger partial charge in [0.15, 0.2) is 0 Å². The lowest BCUT2D eigenvalue weighted by atomic mass is 9.98. The van der Waals surface area contributed by atoms with Gasteiger partial charge in [-0.15, -0.1) is 0 Å². The third kappa shape index (κ3) is 6.10. The van der Waals surface area contributed by atoms with Crippen LogP contribution in [0.2, 0.25) is 0 Å². The first-order valence-corrected chi connectivity index (χ1v) is 8.24. The average Bonchev–Trinajstić information content (AvgIpc) is 2.60. The van der Waals surface area contributed by atoms with E-state index in [0.717, 1.165) is 17.2 Å². The highest BCUT2D eigenvalue weighted by atomic mass is 19.4. The maximum absolute atomic E-state index is 13.3. The van der Waals surface area contributed by atoms with Crippen molar-refractivity contribution in [2.24, 2.45) is 5.84 Å². The number of alkyl halides is 3. The van der Waals surface area contributed by atoms with Crippen molar-refractivity contribution in [2.45, 2.75) is 32.4 Å². The molecule has 5 nitrogen and oxygen atoms in total. The summed E-state index contributed by atoms with van der Waals surface area (Å²) in [6.45, 7) is 1.24. The molecule has 0 aliphatic rings. The number of nitrogens with two attached hydrogens (primary N) is 1. The fourth-order valence-corrected chi connectivity index (χ4v) is 2.68. The number of anilines is 1. The van der Waals surface area contributed by atoms with Crippen LogP contribution < -0.4 is 16.6 Å². The van der Waals surface area contributed by atoms with Crippen molar-refractivity contribution in [2.75, 3.05) is 5.32 Å². The van der Waals surface area contributed by atoms with Crippen molar-refractivity contribution in [1.82, 2.24) is 5.43 Å². The molecule has 144 valence electrons. The second-order valence-corrected chi connectivity index (χ2v) is 6.11. The molecule has 0 saturated carbocycles. The van der Waals surface area contributed by atoms with Crippen molar-refractivity contribution < 1.29 is 22.8 Å². The molecular formula is C19H20F3N3O2. The molecule has 0 radical (unpaired) electrons. The SMILES string of the molecule is CC(=O)Nc1ccc(CCc2ccc(CC(=O)NN)cc2)c(C(F)(F)F)c1. The summed E-state index contributed by atoms with van der Waals surface area (Å²) in [7, 11) is 0. The van der Waals surface area contributed by atoms with Gasteiger partial charge in [-0.3, -0.25) is 15.0 Å². The van der Waals surface area contributed by atoms with E-state index < -0.39 is 17.6 Å². The van der Waals surface area contributed by atoms with Gasteiger partial charge in [0.2, 0.25) is 11.8 Å². The summed E-state index contributed by atoms with van der Waals surface area (Å²) < 4.78 is 40.0. The summed E-state index contributed by atoms with van der Waals surface area (Å²) in [5, 5.41) is 2.36. The van der Waals surface area contributed by atoms with Gasteiger partial charge in [0.1, 0.15) is 0 Å². The summed E-state index contributed by atoms with van der Waals surface area (Å²) in [6, 6.07) is 10.8. The lowest BCUT2D eigenvalue weighted by Crippen LogP contribution is -2.31. The van der Waals surface area contributed by atoms with Gasteiger partial charge in [0.25, 0.3) is 0 Å². The van der Waals surface area contributed by atoms with Gasteiger partial charge in [-0.25, -0.2) is 5.84 Å². The fraction of sp³-hybridized carbons (Fsp3) is 0.263. The van der Waals surface area contributed by atoms with Gasteiger partial charge >= 0.3 is 6.18 Å². The molecule has 0 atom stereocenters. The summed E-state index contributed by atoms with van der Waals surface area (Å²) in [6.07, 6.45) is -3.77. The van der Waals surface area contributed by atoms with Crippen LogP contribution in [0.25, 0.3) is 0 Å². The van der Waals surface area contributed by atoms with Crippen LogP contribution in [-0.2, 0) is 35.0 Å². The van der Waals surface area contributed by atoms with Crippen LogP contribution in [0.1, 0.15) is 29.2 Å². The smallest absolute Gasteiger partial charge is 0.326 e. The molecule has 0 saturated heterocycles. The second-order valence-electron chi connectivity index (χ2n) is 6.11. The quantitative estimate of drug-likeness (QED) is 0.410. The van der Waals surface area contributed by atoms with E-state index in [2.05, 4.69) is 5.32 Å². The highest BCUT2D eigenvalue weighted by Gasteiger charge is 2.33. The molecule has 0 bridgehead atoms. The number of carbonyl (C=O) groups excluding carboxylic acids is 2. The molecule has 2 rings (SSSR count). The topological polar surface area (TPSA) is 84.2 Å². The highest BCUT2D eigenvalue weighted by molar-refractivity contribution is 5.88. The zero-order valence-corrected chi connectivity index (χ0v) is 14.7. The summed E-state index contributed by atoms with van der Waals surface area (Å²) in [4.78, 5) is 22.3. The normalized spacial score (nSPS) is 11.1. The number of halogens is 3. The zero-order valence-electron chi connectivity index (χ0n) is 14.7. The van der Waals surface area contributed by atoms with Crippen molar-refractivity contribution in [3.05, 3.63) is 64.7 Å². The van der Waals surface area contributed by atoms with Crippen LogP contribution in [0, 0.1) is 0 Å². The van der Waals surface area contributed by atoms with Crippen molar-refractivity contribution >= 4 is 17.5 Å². The lowest BCUT2D eigenvalue weighted by molar-refractivity contribution is -0.138. The Morgan fingerprint density at radius 2 is 1.63 bits per heavy atom. The zero-order chi connectivity index (χ0) is 20.0. The number of hydrogen-bond donors (Lipinski definition) is 3. The summed E-state index contributed by atoms with van der Waals surface area (Å²) in [5.41, 5.74) is 3.16. The molecule has 4 N–H and O–H groups in total. The Kier molecular flexibility index (Phi) is 6.57. The molecule has 2 amide bonds. The summed E-state index contributed by atoms with van der Waals surface area (Å²) in [5.74, 6) is 4.28. The minimum Gasteiger partial charge on any atom is -0.326 e. The van der Waals surface area contributed by atoms with Gasteiger partial charge in [-0.1, -0.05) is 30.3 Å². The fourth-order valence-electron chi connectivity index (χ4n) is 2.68. The van der Waals surface area contributed by atoms with Crippen LogP contribution in [0.5, 0.6) is 0 Å². The van der Waals surface area contributed by atoms with Crippen LogP contribution in [0.4, 0.5) is 18.9 Å². The molecular weight excluding hydrogens is 359 g/mol. The number of hydrazine groups is 1. The number of rotatable bonds is 6. The maximum atomic E-state index is 13.3. The highest BCUT2D eigenvalue weighted by Crippen LogP contribution is 2.34. The predicted octanol–water partition coefficient (Wildman–Crippen LogP) is 2.98. The minimum atomic E-state index is -4.51. The monoisotopic (exact) mass is 379 g/mol. The van der Waals surface area contributed by atoms with Crippen molar-refractivity contribution in [1.29, 1.82) is 0 Å². The molecule has 0 aliphatic carbocycles. The number of hydrogen-bond acceptors (Lipinski definition) is 3. The molecule has 0 aromatic heterocycles. The van der Waals surface area contributed by atoms with Crippen LogP contribution >= 0.6 is 0 Å². The van der Waals surface area contributed by atoms with Gasteiger partial charge < -0.3 is 5.32 Å². The summed E-state index contributed by atoms with van der Waals surface area (Å²) >= 11 is 0. The van der Waals surface area contributed by atoms with Crippen molar-refractivity contribution in [3.63, 3.8) is 0 Å². The number of aryl methyl sites for hydroxylation is 2. The van der Waals surface area contributed by atoms with E-state index in [1.165, 1.54) is 19.1 Å². The molecule has 8 heteroatoms. The third-order valence-corrected chi connectivity index (χ3v) is 3.97. The van der Waals surface area contributed by atoms with E-state index >= 15 is 0 Å². The number of nitrogens with one attached hydrogen (secondary N) is 2. The van der Waals surface area contributed by atoms with Gasteiger partial charge in [-0.2, -0.15) is 13.2 Å². The van der Waals surface area contributed by atoms with E-state index in [9.17, 15) is 22.8 Å². The minimum absolute atomic E-state index is 0.112. The third-order valence-electron chi connectivity index (χ3n) is 3.97. The number of carbonyl (C=O) groups is 2. The number of benzene rings is 2. The Hall–Kier alpha value is -2.87. The first-order valence-electron chi connectivity index (χ1n) is 8.24. The Morgan fingerprint density at radius 3 is 2.19 bits per heavy atom. The first kappa shape index (κ1) is 20.4. The average molecular weight is 379 g/mol. The largest absolute Gasteiger partial charge is 0.416 e. The molecule has 27 heavy (non-hydrogen) atoms. The van der Waals surface area contributed by atoms with Crippen LogP contribution in [0.15, 0.2) is 42.5 Å². The molecule has 0 unspecified atom stereocenters.